The van der Waals surface area contributed by atoms with E-state index < -0.39 is 0 Å². The first-order valence-electron chi connectivity index (χ1n) is 9.33. The maximum Gasteiger partial charge on any atom is 0.321 e. The Bertz CT molecular complexity index is 635. The second-order valence-corrected chi connectivity index (χ2v) is 7.22. The molecule has 0 spiro atoms. The van der Waals surface area contributed by atoms with E-state index in [1.807, 2.05) is 29.2 Å². The van der Waals surface area contributed by atoms with Crippen molar-refractivity contribution in [1.82, 2.24) is 20.0 Å². The molecule has 1 unspecified atom stereocenters. The predicted molar refractivity (Wildman–Crippen MR) is 102 cm³/mol. The number of para-hydroxylation sites is 1. The molecule has 0 aliphatic carbocycles. The van der Waals surface area contributed by atoms with Crippen LogP contribution in [0.25, 0.3) is 0 Å². The fraction of sp³-hybridized carbons (Fsp3) is 0.579. The Morgan fingerprint density at radius 3 is 2.58 bits per heavy atom. The summed E-state index contributed by atoms with van der Waals surface area (Å²) in [4.78, 5) is 30.6. The molecule has 1 aromatic carbocycles. The highest BCUT2D eigenvalue weighted by Gasteiger charge is 2.28. The normalized spacial score (nSPS) is 20.8. The van der Waals surface area contributed by atoms with Gasteiger partial charge >= 0.3 is 6.03 Å². The minimum absolute atomic E-state index is 0.0190. The van der Waals surface area contributed by atoms with Crippen LogP contribution in [-0.2, 0) is 11.2 Å². The zero-order valence-electron chi connectivity index (χ0n) is 15.7. The van der Waals surface area contributed by atoms with E-state index in [2.05, 4.69) is 15.5 Å². The second kappa shape index (κ2) is 8.51. The molecular formula is C19H29N5O2. The predicted octanol–water partition coefficient (Wildman–Crippen LogP) is 0.829. The molecule has 2 N–H and O–H groups in total. The third kappa shape index (κ3) is 4.53. The number of nitrogens with zero attached hydrogens (tertiary/aromatic N) is 3. The third-order valence-electron chi connectivity index (χ3n) is 5.25. The van der Waals surface area contributed by atoms with Gasteiger partial charge in [0.25, 0.3) is 0 Å². The van der Waals surface area contributed by atoms with Gasteiger partial charge in [-0.1, -0.05) is 18.2 Å². The van der Waals surface area contributed by atoms with Gasteiger partial charge in [0.1, 0.15) is 0 Å². The van der Waals surface area contributed by atoms with Crippen LogP contribution in [0.1, 0.15) is 12.0 Å². The van der Waals surface area contributed by atoms with Crippen molar-refractivity contribution in [3.8, 4) is 0 Å². The van der Waals surface area contributed by atoms with E-state index in [1.165, 1.54) is 6.42 Å². The maximum absolute atomic E-state index is 12.7. The van der Waals surface area contributed by atoms with Crippen LogP contribution in [0.4, 0.5) is 10.5 Å². The number of urea groups is 1. The average molecular weight is 359 g/mol. The molecule has 2 aliphatic rings. The summed E-state index contributed by atoms with van der Waals surface area (Å²) in [5.41, 5.74) is 1.56. The highest BCUT2D eigenvalue weighted by atomic mass is 16.2. The molecule has 2 fully saturated rings. The van der Waals surface area contributed by atoms with Crippen molar-refractivity contribution in [2.45, 2.75) is 18.9 Å². The number of likely N-dealkylation sites (N-methyl/N-ethyl adjacent to an activating group) is 1. The molecule has 2 aliphatic heterocycles. The van der Waals surface area contributed by atoms with E-state index in [-0.39, 0.29) is 18.4 Å². The van der Waals surface area contributed by atoms with Gasteiger partial charge in [0.05, 0.1) is 6.42 Å². The first-order valence-corrected chi connectivity index (χ1v) is 9.33. The van der Waals surface area contributed by atoms with E-state index in [0.29, 0.717) is 6.04 Å². The molecule has 2 saturated heterocycles. The molecule has 3 amide bonds. The molecule has 1 atom stereocenters. The van der Waals surface area contributed by atoms with Crippen molar-refractivity contribution < 1.29 is 9.59 Å². The Labute approximate surface area is 155 Å². The van der Waals surface area contributed by atoms with Crippen molar-refractivity contribution in [1.29, 1.82) is 0 Å². The highest BCUT2D eigenvalue weighted by molar-refractivity contribution is 5.91. The Kier molecular flexibility index (Phi) is 6.11. The summed E-state index contributed by atoms with van der Waals surface area (Å²) in [5, 5.41) is 6.39. The van der Waals surface area contributed by atoms with Crippen LogP contribution in [-0.4, -0.2) is 86.0 Å². The molecule has 0 aromatic heterocycles. The van der Waals surface area contributed by atoms with Crippen molar-refractivity contribution in [2.24, 2.45) is 0 Å². The van der Waals surface area contributed by atoms with Gasteiger partial charge in [-0.15, -0.1) is 0 Å². The number of hydrogen-bond acceptors (Lipinski definition) is 4. The molecule has 7 heteroatoms. The van der Waals surface area contributed by atoms with Gasteiger partial charge in [0.15, 0.2) is 0 Å². The van der Waals surface area contributed by atoms with Crippen LogP contribution < -0.4 is 10.6 Å². The molecule has 0 bridgehead atoms. The van der Waals surface area contributed by atoms with Crippen LogP contribution in [0.15, 0.2) is 24.3 Å². The lowest BCUT2D eigenvalue weighted by Crippen LogP contribution is -2.53. The number of benzene rings is 1. The van der Waals surface area contributed by atoms with Crippen LogP contribution in [0.2, 0.25) is 0 Å². The first-order chi connectivity index (χ1) is 12.5. The SMILES string of the molecule is CN(C)C(=O)Cc1ccccc1NC(=O)N1CCN(C2CCNC2)CC1. The average Bonchev–Trinajstić information content (AvgIpc) is 3.18. The second-order valence-electron chi connectivity index (χ2n) is 7.22. The van der Waals surface area contributed by atoms with Gasteiger partial charge in [-0.3, -0.25) is 9.69 Å². The van der Waals surface area contributed by atoms with Gasteiger partial charge < -0.3 is 20.4 Å². The largest absolute Gasteiger partial charge is 0.349 e. The van der Waals surface area contributed by atoms with Gasteiger partial charge in [-0.25, -0.2) is 4.79 Å². The zero-order chi connectivity index (χ0) is 18.5. The van der Waals surface area contributed by atoms with E-state index >= 15 is 0 Å². The fourth-order valence-corrected chi connectivity index (χ4v) is 3.55. The number of rotatable bonds is 4. The molecule has 2 heterocycles. The quantitative estimate of drug-likeness (QED) is 0.836. The molecule has 142 valence electrons. The first kappa shape index (κ1) is 18.7. The summed E-state index contributed by atoms with van der Waals surface area (Å²) < 4.78 is 0. The summed E-state index contributed by atoms with van der Waals surface area (Å²) >= 11 is 0. The fourth-order valence-electron chi connectivity index (χ4n) is 3.55. The molecule has 1 aromatic rings. The molecule has 26 heavy (non-hydrogen) atoms. The standard InChI is InChI=1S/C19H29N5O2/c1-22(2)18(25)13-15-5-3-4-6-17(15)21-19(26)24-11-9-23(10-12-24)16-7-8-20-14-16/h3-6,16,20H,7-14H2,1-2H3,(H,21,26). The Balaban J connectivity index is 1.56. The summed E-state index contributed by atoms with van der Waals surface area (Å²) in [7, 11) is 3.48. The van der Waals surface area contributed by atoms with Crippen LogP contribution in [0, 0.1) is 0 Å². The number of anilines is 1. The number of amides is 3. The van der Waals surface area contributed by atoms with Gasteiger partial charge in [0.2, 0.25) is 5.91 Å². The number of hydrogen-bond donors (Lipinski definition) is 2. The summed E-state index contributed by atoms with van der Waals surface area (Å²) in [5.74, 6) is 0.0190. The lowest BCUT2D eigenvalue weighted by atomic mass is 10.1. The minimum atomic E-state index is -0.0843. The Morgan fingerprint density at radius 1 is 1.19 bits per heavy atom. The van der Waals surface area contributed by atoms with Crippen molar-refractivity contribution in [3.05, 3.63) is 29.8 Å². The Hall–Kier alpha value is -2.12. The van der Waals surface area contributed by atoms with E-state index in [9.17, 15) is 9.59 Å². The van der Waals surface area contributed by atoms with Gasteiger partial charge in [-0.2, -0.15) is 0 Å². The van der Waals surface area contributed by atoms with Crippen molar-refractivity contribution in [3.63, 3.8) is 0 Å². The number of carbonyl (C=O) groups excluding carboxylic acids is 2. The summed E-state index contributed by atoms with van der Waals surface area (Å²) in [6, 6.07) is 8.04. The van der Waals surface area contributed by atoms with Gasteiger partial charge in [0, 0.05) is 58.5 Å². The van der Waals surface area contributed by atoms with Crippen molar-refractivity contribution >= 4 is 17.6 Å². The summed E-state index contributed by atoms with van der Waals surface area (Å²) in [6.07, 6.45) is 1.48. The maximum atomic E-state index is 12.7. The molecule has 0 saturated carbocycles. The van der Waals surface area contributed by atoms with E-state index in [0.717, 1.165) is 50.5 Å². The molecule has 0 radical (unpaired) electrons. The van der Waals surface area contributed by atoms with E-state index in [1.54, 1.807) is 19.0 Å². The molecular weight excluding hydrogens is 330 g/mol. The number of piperazine rings is 1. The number of nitrogens with one attached hydrogen (secondary N) is 2. The summed E-state index contributed by atoms with van der Waals surface area (Å²) in [6.45, 7) is 5.45. The smallest absolute Gasteiger partial charge is 0.321 e. The Morgan fingerprint density at radius 2 is 1.92 bits per heavy atom. The molecule has 7 nitrogen and oxygen atoms in total. The zero-order valence-corrected chi connectivity index (χ0v) is 15.7. The monoisotopic (exact) mass is 359 g/mol. The van der Waals surface area contributed by atoms with Crippen LogP contribution in [0.5, 0.6) is 0 Å². The lowest BCUT2D eigenvalue weighted by Gasteiger charge is -2.37. The highest BCUT2D eigenvalue weighted by Crippen LogP contribution is 2.18. The van der Waals surface area contributed by atoms with Crippen molar-refractivity contribution in [2.75, 3.05) is 58.7 Å². The van der Waals surface area contributed by atoms with Gasteiger partial charge in [-0.05, 0) is 24.6 Å². The molecule has 3 rings (SSSR count). The minimum Gasteiger partial charge on any atom is -0.349 e. The van der Waals surface area contributed by atoms with Crippen LogP contribution >= 0.6 is 0 Å². The van der Waals surface area contributed by atoms with E-state index in [4.69, 9.17) is 0 Å². The lowest BCUT2D eigenvalue weighted by molar-refractivity contribution is -0.127. The van der Waals surface area contributed by atoms with Crippen LogP contribution in [0.3, 0.4) is 0 Å². The topological polar surface area (TPSA) is 67.9 Å². The third-order valence-corrected chi connectivity index (χ3v) is 5.25. The number of carbonyl (C=O) groups is 2.